The highest BCUT2D eigenvalue weighted by molar-refractivity contribution is 5.94. The van der Waals surface area contributed by atoms with Crippen LogP contribution < -0.4 is 15.6 Å². The van der Waals surface area contributed by atoms with Gasteiger partial charge < -0.3 is 19.7 Å². The van der Waals surface area contributed by atoms with Crippen LogP contribution >= 0.6 is 0 Å². The zero-order valence-electron chi connectivity index (χ0n) is 17.8. The van der Waals surface area contributed by atoms with E-state index in [9.17, 15) is 23.5 Å². The molecule has 2 N–H and O–H groups in total. The van der Waals surface area contributed by atoms with Crippen molar-refractivity contribution >= 4 is 28.5 Å². The molecule has 1 aliphatic heterocycles. The van der Waals surface area contributed by atoms with Crippen LogP contribution in [0.25, 0.3) is 11.0 Å². The zero-order valence-corrected chi connectivity index (χ0v) is 17.8. The molecule has 0 radical (unpaired) electrons. The maximum Gasteiger partial charge on any atom is 0.337 e. The lowest BCUT2D eigenvalue weighted by Gasteiger charge is -2.32. The minimum absolute atomic E-state index is 0.116. The Morgan fingerprint density at radius 2 is 2.00 bits per heavy atom. The van der Waals surface area contributed by atoms with E-state index >= 15 is 0 Å². The van der Waals surface area contributed by atoms with Gasteiger partial charge >= 0.3 is 5.97 Å². The summed E-state index contributed by atoms with van der Waals surface area (Å²) in [5.41, 5.74) is 2.02. The molecule has 168 valence electrons. The third kappa shape index (κ3) is 4.30. The Labute approximate surface area is 183 Å². The predicted octanol–water partition coefficient (Wildman–Crippen LogP) is 5.21. The van der Waals surface area contributed by atoms with Crippen molar-refractivity contribution in [1.82, 2.24) is 0 Å². The first-order valence-corrected chi connectivity index (χ1v) is 10.4. The molecule has 1 aromatic heterocycles. The van der Waals surface area contributed by atoms with Crippen molar-refractivity contribution in [3.63, 3.8) is 0 Å². The molecule has 0 aliphatic carbocycles. The molecule has 3 aromatic rings. The number of piperidine rings is 1. The van der Waals surface area contributed by atoms with Gasteiger partial charge in [-0.15, -0.1) is 0 Å². The SMILES string of the molecule is Cc1cc(C(C)Nc2ccccc2C(=O)O)c2oc(N3CCCC(F)(F)C3)cc(=O)c2c1. The van der Waals surface area contributed by atoms with Crippen molar-refractivity contribution in [1.29, 1.82) is 0 Å². The summed E-state index contributed by atoms with van der Waals surface area (Å²) in [4.78, 5) is 25.8. The molecule has 1 saturated heterocycles. The molecule has 1 unspecified atom stereocenters. The summed E-state index contributed by atoms with van der Waals surface area (Å²) >= 11 is 0. The van der Waals surface area contributed by atoms with Crippen LogP contribution in [0.1, 0.15) is 47.3 Å². The van der Waals surface area contributed by atoms with Gasteiger partial charge in [-0.05, 0) is 44.0 Å². The molecule has 0 amide bonds. The van der Waals surface area contributed by atoms with Crippen molar-refractivity contribution in [3.8, 4) is 0 Å². The lowest BCUT2D eigenvalue weighted by Crippen LogP contribution is -2.42. The topological polar surface area (TPSA) is 82.8 Å². The van der Waals surface area contributed by atoms with Crippen LogP contribution in [0.15, 0.2) is 51.7 Å². The third-order valence-electron chi connectivity index (χ3n) is 5.69. The highest BCUT2D eigenvalue weighted by Crippen LogP contribution is 2.33. The van der Waals surface area contributed by atoms with E-state index in [4.69, 9.17) is 4.42 Å². The first kappa shape index (κ1) is 21.8. The van der Waals surface area contributed by atoms with E-state index in [1.165, 1.54) is 17.0 Å². The minimum atomic E-state index is -2.84. The largest absolute Gasteiger partial charge is 0.478 e. The summed E-state index contributed by atoms with van der Waals surface area (Å²) in [7, 11) is 0. The van der Waals surface area contributed by atoms with Gasteiger partial charge in [0.15, 0.2) is 11.3 Å². The van der Waals surface area contributed by atoms with Crippen LogP contribution in [-0.2, 0) is 0 Å². The number of nitrogens with one attached hydrogen (secondary N) is 1. The molecule has 32 heavy (non-hydrogen) atoms. The summed E-state index contributed by atoms with van der Waals surface area (Å²) in [5.74, 6) is -3.78. The van der Waals surface area contributed by atoms with Crippen molar-refractivity contribution < 1.29 is 23.1 Å². The number of benzene rings is 2. The third-order valence-corrected chi connectivity index (χ3v) is 5.69. The number of hydrogen-bond donors (Lipinski definition) is 2. The van der Waals surface area contributed by atoms with E-state index in [1.54, 1.807) is 24.3 Å². The number of alkyl halides is 2. The number of anilines is 2. The van der Waals surface area contributed by atoms with Crippen molar-refractivity contribution in [2.45, 2.75) is 38.7 Å². The molecule has 2 heterocycles. The number of para-hydroxylation sites is 1. The Kier molecular flexibility index (Phi) is 5.62. The van der Waals surface area contributed by atoms with Crippen molar-refractivity contribution in [3.05, 3.63) is 69.4 Å². The Hall–Kier alpha value is -3.42. The molecular weight excluding hydrogens is 418 g/mol. The molecule has 4 rings (SSSR count). The maximum absolute atomic E-state index is 13.9. The summed E-state index contributed by atoms with van der Waals surface area (Å²) < 4.78 is 33.9. The van der Waals surface area contributed by atoms with Crippen LogP contribution in [0.5, 0.6) is 0 Å². The lowest BCUT2D eigenvalue weighted by molar-refractivity contribution is -0.0126. The van der Waals surface area contributed by atoms with Gasteiger partial charge in [0.2, 0.25) is 0 Å². The molecule has 0 spiro atoms. The Morgan fingerprint density at radius 1 is 1.25 bits per heavy atom. The number of rotatable bonds is 5. The van der Waals surface area contributed by atoms with Crippen LogP contribution in [0, 0.1) is 6.92 Å². The Balaban J connectivity index is 1.78. The maximum atomic E-state index is 13.9. The molecule has 0 saturated carbocycles. The van der Waals surface area contributed by atoms with Crippen molar-refractivity contribution in [2.75, 3.05) is 23.3 Å². The van der Waals surface area contributed by atoms with E-state index in [0.29, 0.717) is 35.2 Å². The minimum Gasteiger partial charge on any atom is -0.478 e. The van der Waals surface area contributed by atoms with Gasteiger partial charge in [0.25, 0.3) is 5.92 Å². The van der Waals surface area contributed by atoms with Gasteiger partial charge in [0.05, 0.1) is 23.5 Å². The molecule has 1 aliphatic rings. The van der Waals surface area contributed by atoms with Gasteiger partial charge in [0.1, 0.15) is 5.58 Å². The van der Waals surface area contributed by atoms with E-state index in [2.05, 4.69) is 5.32 Å². The molecule has 0 bridgehead atoms. The molecule has 2 aromatic carbocycles. The first-order chi connectivity index (χ1) is 15.1. The summed E-state index contributed by atoms with van der Waals surface area (Å²) in [5, 5.41) is 13.0. The fourth-order valence-corrected chi connectivity index (χ4v) is 4.16. The normalized spacial score (nSPS) is 16.7. The summed E-state index contributed by atoms with van der Waals surface area (Å²) in [6, 6.07) is 10.9. The number of aromatic carboxylic acids is 1. The van der Waals surface area contributed by atoms with Crippen molar-refractivity contribution in [2.24, 2.45) is 0 Å². The molecular formula is C24H24F2N2O4. The highest BCUT2D eigenvalue weighted by atomic mass is 19.3. The second-order valence-corrected chi connectivity index (χ2v) is 8.28. The number of carbonyl (C=O) groups is 1. The van der Waals surface area contributed by atoms with Crippen LogP contribution in [0.2, 0.25) is 0 Å². The summed E-state index contributed by atoms with van der Waals surface area (Å²) in [6.07, 6.45) is 0.120. The number of halogens is 2. The first-order valence-electron chi connectivity index (χ1n) is 10.4. The van der Waals surface area contributed by atoms with Gasteiger partial charge in [-0.2, -0.15) is 0 Å². The van der Waals surface area contributed by atoms with Crippen LogP contribution in [0.4, 0.5) is 20.4 Å². The number of nitrogens with zero attached hydrogens (tertiary/aromatic N) is 1. The number of hydrogen-bond acceptors (Lipinski definition) is 5. The molecule has 6 nitrogen and oxygen atoms in total. The van der Waals surface area contributed by atoms with Gasteiger partial charge in [-0.3, -0.25) is 4.79 Å². The fourth-order valence-electron chi connectivity index (χ4n) is 4.16. The predicted molar refractivity (Wildman–Crippen MR) is 119 cm³/mol. The number of aryl methyl sites for hydroxylation is 1. The fraction of sp³-hybridized carbons (Fsp3) is 0.333. The van der Waals surface area contributed by atoms with Gasteiger partial charge in [-0.25, -0.2) is 13.6 Å². The second kappa shape index (κ2) is 8.26. The average Bonchev–Trinajstić information content (AvgIpc) is 2.73. The zero-order chi connectivity index (χ0) is 23.0. The van der Waals surface area contributed by atoms with Gasteiger partial charge in [0, 0.05) is 30.3 Å². The molecule has 1 atom stereocenters. The monoisotopic (exact) mass is 442 g/mol. The smallest absolute Gasteiger partial charge is 0.337 e. The lowest BCUT2D eigenvalue weighted by atomic mass is 10.0. The van der Waals surface area contributed by atoms with E-state index in [1.807, 2.05) is 19.9 Å². The Morgan fingerprint density at radius 3 is 2.72 bits per heavy atom. The van der Waals surface area contributed by atoms with E-state index in [-0.39, 0.29) is 23.3 Å². The van der Waals surface area contributed by atoms with E-state index < -0.39 is 24.5 Å². The average molecular weight is 442 g/mol. The van der Waals surface area contributed by atoms with Gasteiger partial charge in [-0.1, -0.05) is 18.2 Å². The summed E-state index contributed by atoms with van der Waals surface area (Å²) in [6.45, 7) is 3.56. The van der Waals surface area contributed by atoms with Crippen LogP contribution in [0.3, 0.4) is 0 Å². The quantitative estimate of drug-likeness (QED) is 0.565. The number of carboxylic acids is 1. The highest BCUT2D eigenvalue weighted by Gasteiger charge is 2.36. The number of carboxylic acid groups (broad SMARTS) is 1. The number of fused-ring (bicyclic) bond motifs is 1. The second-order valence-electron chi connectivity index (χ2n) is 8.28. The molecule has 8 heteroatoms. The van der Waals surface area contributed by atoms with Crippen LogP contribution in [-0.4, -0.2) is 30.1 Å². The Bertz CT molecular complexity index is 1240. The molecule has 1 fully saturated rings. The van der Waals surface area contributed by atoms with E-state index in [0.717, 1.165) is 5.56 Å². The standard InChI is InChI=1S/C24H24F2N2O4/c1-14-10-17(15(2)27-19-7-4-3-6-16(19)23(30)31)22-18(11-14)20(29)12-21(32-22)28-9-5-8-24(25,26)13-28/h3-4,6-7,10-12,15,27H,5,8-9,13H2,1-2H3,(H,30,31).